The van der Waals surface area contributed by atoms with Crippen LogP contribution in [0.2, 0.25) is 0 Å². The fourth-order valence-electron chi connectivity index (χ4n) is 1.80. The Labute approximate surface area is 111 Å². The van der Waals surface area contributed by atoms with Crippen LogP contribution in [-0.4, -0.2) is 24.4 Å². The maximum Gasteiger partial charge on any atom is 0.213 e. The molecule has 0 aliphatic carbocycles. The Hall–Kier alpha value is -2.08. The van der Waals surface area contributed by atoms with Gasteiger partial charge in [-0.1, -0.05) is 11.2 Å². The van der Waals surface area contributed by atoms with Gasteiger partial charge in [0.05, 0.1) is 20.8 Å². The molecule has 6 heteroatoms. The maximum atomic E-state index is 5.38. The van der Waals surface area contributed by atoms with E-state index in [0.717, 1.165) is 17.1 Å². The molecule has 1 heterocycles. The fourth-order valence-corrected chi connectivity index (χ4v) is 1.80. The van der Waals surface area contributed by atoms with Gasteiger partial charge in [-0.15, -0.1) is 0 Å². The highest BCUT2D eigenvalue weighted by atomic mass is 16.5. The summed E-state index contributed by atoms with van der Waals surface area (Å²) in [4.78, 5) is 3.96. The topological polar surface area (TPSA) is 69.4 Å². The molecule has 1 atom stereocenters. The van der Waals surface area contributed by atoms with Gasteiger partial charge >= 0.3 is 0 Å². The van der Waals surface area contributed by atoms with E-state index in [2.05, 4.69) is 20.0 Å². The lowest BCUT2D eigenvalue weighted by atomic mass is 10.1. The summed E-state index contributed by atoms with van der Waals surface area (Å²) in [5.41, 5.74) is 1.05. The smallest absolute Gasteiger partial charge is 0.213 e. The second-order valence-electron chi connectivity index (χ2n) is 4.06. The molecule has 19 heavy (non-hydrogen) atoms. The third kappa shape index (κ3) is 3.23. The zero-order chi connectivity index (χ0) is 13.7. The van der Waals surface area contributed by atoms with Crippen LogP contribution in [0.4, 0.5) is 0 Å². The van der Waals surface area contributed by atoms with Gasteiger partial charge < -0.3 is 19.3 Å². The lowest BCUT2D eigenvalue weighted by Crippen LogP contribution is -2.19. The molecule has 102 valence electrons. The average molecular weight is 263 g/mol. The van der Waals surface area contributed by atoms with Gasteiger partial charge in [0, 0.05) is 17.7 Å². The van der Waals surface area contributed by atoms with Crippen LogP contribution < -0.4 is 14.8 Å². The Kier molecular flexibility index (Phi) is 4.35. The largest absolute Gasteiger partial charge is 0.497 e. The Morgan fingerprint density at radius 2 is 2.16 bits per heavy atom. The third-order valence-electron chi connectivity index (χ3n) is 2.88. The van der Waals surface area contributed by atoms with Crippen molar-refractivity contribution in [3.05, 3.63) is 36.0 Å². The van der Waals surface area contributed by atoms with Crippen LogP contribution in [0.25, 0.3) is 0 Å². The van der Waals surface area contributed by atoms with E-state index in [1.54, 1.807) is 14.2 Å². The number of rotatable bonds is 6. The first-order valence-electron chi connectivity index (χ1n) is 5.95. The van der Waals surface area contributed by atoms with Crippen LogP contribution in [0.3, 0.4) is 0 Å². The molecule has 2 rings (SSSR count). The summed E-state index contributed by atoms with van der Waals surface area (Å²) < 4.78 is 15.2. The van der Waals surface area contributed by atoms with Gasteiger partial charge in [0.25, 0.3) is 0 Å². The van der Waals surface area contributed by atoms with Crippen LogP contribution in [0.1, 0.15) is 24.4 Å². The Morgan fingerprint density at radius 3 is 2.79 bits per heavy atom. The predicted octanol–water partition coefficient (Wildman–Crippen LogP) is 1.94. The molecule has 0 saturated carbocycles. The van der Waals surface area contributed by atoms with E-state index in [0.29, 0.717) is 12.4 Å². The third-order valence-corrected chi connectivity index (χ3v) is 2.88. The quantitative estimate of drug-likeness (QED) is 0.859. The molecule has 0 amide bonds. The molecule has 1 unspecified atom stereocenters. The molecule has 0 aliphatic heterocycles. The van der Waals surface area contributed by atoms with Crippen LogP contribution in [0.5, 0.6) is 11.5 Å². The molecule has 0 bridgehead atoms. The van der Waals surface area contributed by atoms with Gasteiger partial charge in [0.15, 0.2) is 5.82 Å². The van der Waals surface area contributed by atoms with Gasteiger partial charge in [-0.2, -0.15) is 4.98 Å². The lowest BCUT2D eigenvalue weighted by Gasteiger charge is -2.17. The van der Waals surface area contributed by atoms with Crippen molar-refractivity contribution in [3.63, 3.8) is 0 Å². The van der Waals surface area contributed by atoms with Gasteiger partial charge in [-0.3, -0.25) is 0 Å². The van der Waals surface area contributed by atoms with Crippen molar-refractivity contribution in [1.29, 1.82) is 0 Å². The van der Waals surface area contributed by atoms with Crippen molar-refractivity contribution >= 4 is 0 Å². The second kappa shape index (κ2) is 6.19. The van der Waals surface area contributed by atoms with Crippen LogP contribution in [-0.2, 0) is 6.54 Å². The van der Waals surface area contributed by atoms with Crippen molar-refractivity contribution in [2.45, 2.75) is 19.5 Å². The molecular formula is C13H17N3O3. The van der Waals surface area contributed by atoms with E-state index in [1.165, 1.54) is 6.39 Å². The van der Waals surface area contributed by atoms with Gasteiger partial charge in [-0.25, -0.2) is 0 Å². The number of methoxy groups -OCH3 is 2. The van der Waals surface area contributed by atoms with Crippen molar-refractivity contribution in [2.24, 2.45) is 0 Å². The second-order valence-corrected chi connectivity index (χ2v) is 4.06. The molecule has 0 radical (unpaired) electrons. The number of aromatic nitrogens is 2. The van der Waals surface area contributed by atoms with Crippen molar-refractivity contribution < 1.29 is 14.0 Å². The molecule has 0 spiro atoms. The van der Waals surface area contributed by atoms with E-state index in [1.807, 2.05) is 25.1 Å². The van der Waals surface area contributed by atoms with Gasteiger partial charge in [0.2, 0.25) is 6.39 Å². The first kappa shape index (κ1) is 13.4. The molecule has 0 fully saturated rings. The summed E-state index contributed by atoms with van der Waals surface area (Å²) in [5.74, 6) is 2.18. The van der Waals surface area contributed by atoms with E-state index >= 15 is 0 Å². The standard InChI is InChI=1S/C13H17N3O3/c1-9(14-7-13-15-8-19-16-13)11-5-4-10(17-2)6-12(11)18-3/h4-6,8-9,14H,7H2,1-3H3. The number of hydrogen-bond acceptors (Lipinski definition) is 6. The molecular weight excluding hydrogens is 246 g/mol. The minimum atomic E-state index is 0.0966. The maximum absolute atomic E-state index is 5.38. The summed E-state index contributed by atoms with van der Waals surface area (Å²) in [7, 11) is 3.27. The van der Waals surface area contributed by atoms with Crippen molar-refractivity contribution in [2.75, 3.05) is 14.2 Å². The van der Waals surface area contributed by atoms with E-state index in [4.69, 9.17) is 9.47 Å². The molecule has 1 N–H and O–H groups in total. The first-order valence-corrected chi connectivity index (χ1v) is 5.95. The monoisotopic (exact) mass is 263 g/mol. The number of hydrogen-bond donors (Lipinski definition) is 1. The lowest BCUT2D eigenvalue weighted by molar-refractivity contribution is 0.384. The minimum Gasteiger partial charge on any atom is -0.497 e. The molecule has 0 saturated heterocycles. The van der Waals surface area contributed by atoms with E-state index in [-0.39, 0.29) is 6.04 Å². The molecule has 1 aromatic heterocycles. The van der Waals surface area contributed by atoms with E-state index in [9.17, 15) is 0 Å². The summed E-state index contributed by atoms with van der Waals surface area (Å²) in [5, 5.41) is 7.06. The highest BCUT2D eigenvalue weighted by molar-refractivity contribution is 5.42. The van der Waals surface area contributed by atoms with Crippen LogP contribution in [0.15, 0.2) is 29.1 Å². The number of nitrogens with zero attached hydrogens (tertiary/aromatic N) is 2. The average Bonchev–Trinajstić information content (AvgIpc) is 2.97. The number of benzene rings is 1. The van der Waals surface area contributed by atoms with Crippen LogP contribution >= 0.6 is 0 Å². The van der Waals surface area contributed by atoms with Gasteiger partial charge in [0.1, 0.15) is 11.5 Å². The summed E-state index contributed by atoms with van der Waals surface area (Å²) in [6, 6.07) is 5.84. The SMILES string of the molecule is COc1ccc(C(C)NCc2ncon2)c(OC)c1. The van der Waals surface area contributed by atoms with Crippen molar-refractivity contribution in [1.82, 2.24) is 15.5 Å². The van der Waals surface area contributed by atoms with E-state index < -0.39 is 0 Å². The zero-order valence-corrected chi connectivity index (χ0v) is 11.2. The van der Waals surface area contributed by atoms with Crippen LogP contribution in [0, 0.1) is 0 Å². The minimum absolute atomic E-state index is 0.0966. The predicted molar refractivity (Wildman–Crippen MR) is 69.1 cm³/mol. The molecule has 0 aliphatic rings. The highest BCUT2D eigenvalue weighted by Gasteiger charge is 2.12. The number of ether oxygens (including phenoxy) is 2. The number of nitrogens with one attached hydrogen (secondary N) is 1. The molecule has 2 aromatic rings. The Bertz CT molecular complexity index is 514. The van der Waals surface area contributed by atoms with Crippen molar-refractivity contribution in [3.8, 4) is 11.5 Å². The van der Waals surface area contributed by atoms with Gasteiger partial charge in [-0.05, 0) is 13.0 Å². The fraction of sp³-hybridized carbons (Fsp3) is 0.385. The highest BCUT2D eigenvalue weighted by Crippen LogP contribution is 2.29. The zero-order valence-electron chi connectivity index (χ0n) is 11.2. The Morgan fingerprint density at radius 1 is 1.32 bits per heavy atom. The summed E-state index contributed by atoms with van der Waals surface area (Å²) >= 11 is 0. The Balaban J connectivity index is 2.07. The first-order chi connectivity index (χ1) is 9.24. The summed E-state index contributed by atoms with van der Waals surface area (Å²) in [6.45, 7) is 2.58. The normalized spacial score (nSPS) is 12.2. The molecule has 1 aromatic carbocycles. The summed E-state index contributed by atoms with van der Waals surface area (Å²) in [6.07, 6.45) is 1.32. The molecule has 6 nitrogen and oxygen atoms in total.